The Hall–Kier alpha value is -2.38. The van der Waals surface area contributed by atoms with E-state index in [2.05, 4.69) is 33.0 Å². The molecule has 3 heterocycles. The molecule has 7 heteroatoms. The molecule has 2 aromatic rings. The highest BCUT2D eigenvalue weighted by molar-refractivity contribution is 6.00. The van der Waals surface area contributed by atoms with Gasteiger partial charge in [-0.05, 0) is 26.0 Å². The number of hydrogen-bond donors (Lipinski definition) is 0. The van der Waals surface area contributed by atoms with Crippen molar-refractivity contribution in [2.45, 2.75) is 58.8 Å². The van der Waals surface area contributed by atoms with Gasteiger partial charge >= 0.3 is 5.91 Å². The van der Waals surface area contributed by atoms with Crippen molar-refractivity contribution in [3.8, 4) is 0 Å². The minimum Gasteiger partial charge on any atom is -0.356 e. The number of rotatable bonds is 6. The monoisotopic (exact) mass is 456 g/mol. The predicted molar refractivity (Wildman–Crippen MR) is 128 cm³/mol. The van der Waals surface area contributed by atoms with Gasteiger partial charge in [0.15, 0.2) is 5.58 Å². The van der Waals surface area contributed by atoms with Crippen LogP contribution in [0.15, 0.2) is 39.0 Å². The Morgan fingerprint density at radius 3 is 2.52 bits per heavy atom. The number of aromatic nitrogens is 1. The predicted octanol–water partition coefficient (Wildman–Crippen LogP) is 4.94. The zero-order chi connectivity index (χ0) is 24.0. The molecule has 0 radical (unpaired) electrons. The van der Waals surface area contributed by atoms with E-state index in [0.717, 1.165) is 84.5 Å². The van der Waals surface area contributed by atoms with Crippen molar-refractivity contribution >= 4 is 22.7 Å². The van der Waals surface area contributed by atoms with E-state index < -0.39 is 0 Å². The first kappa shape index (κ1) is 23.8. The Bertz CT molecular complexity index is 1140. The van der Waals surface area contributed by atoms with Gasteiger partial charge in [-0.1, -0.05) is 19.0 Å². The fourth-order valence-electron chi connectivity index (χ4n) is 5.44. The minimum absolute atomic E-state index is 0.103. The van der Waals surface area contributed by atoms with Gasteiger partial charge in [0.1, 0.15) is 5.82 Å². The zero-order valence-corrected chi connectivity index (χ0v) is 20.9. The standard InChI is InChI=1S/C26H37FN4O2/c1-7-23-28-18(3)20(25(32)31(23,6)8-2)11-14-30(5)15-12-26(4,13-16-30)24-21-10-9-19(27)17-22(21)33-29-24/h9-10,17H,7-8,11-16H2,1-6H3/q+2. The van der Waals surface area contributed by atoms with Crippen molar-refractivity contribution in [3.05, 3.63) is 41.0 Å². The van der Waals surface area contributed by atoms with Gasteiger partial charge < -0.3 is 9.01 Å². The van der Waals surface area contributed by atoms with Crippen LogP contribution < -0.4 is 0 Å². The first-order valence-corrected chi connectivity index (χ1v) is 12.1. The molecule has 1 unspecified atom stereocenters. The van der Waals surface area contributed by atoms with Crippen LogP contribution in [0.1, 0.15) is 59.1 Å². The lowest BCUT2D eigenvalue weighted by molar-refractivity contribution is -0.915. The van der Waals surface area contributed by atoms with E-state index in [-0.39, 0.29) is 17.1 Å². The summed E-state index contributed by atoms with van der Waals surface area (Å²) in [6, 6.07) is 4.66. The number of allylic oxidation sites excluding steroid dienone is 1. The Balaban J connectivity index is 1.48. The molecule has 2 aliphatic heterocycles. The summed E-state index contributed by atoms with van der Waals surface area (Å²) in [5.41, 5.74) is 3.11. The van der Waals surface area contributed by atoms with Gasteiger partial charge in [-0.25, -0.2) is 18.7 Å². The van der Waals surface area contributed by atoms with Crippen molar-refractivity contribution in [1.29, 1.82) is 0 Å². The molecule has 0 saturated carbocycles. The summed E-state index contributed by atoms with van der Waals surface area (Å²) in [6.07, 6.45) is 3.47. The Morgan fingerprint density at radius 2 is 1.88 bits per heavy atom. The number of hydrogen-bond acceptors (Lipinski definition) is 4. The van der Waals surface area contributed by atoms with Crippen LogP contribution >= 0.6 is 0 Å². The maximum absolute atomic E-state index is 13.6. The molecule has 1 amide bonds. The first-order chi connectivity index (χ1) is 15.5. The Morgan fingerprint density at radius 1 is 1.18 bits per heavy atom. The summed E-state index contributed by atoms with van der Waals surface area (Å²) in [7, 11) is 4.28. The van der Waals surface area contributed by atoms with Crippen LogP contribution in [0.25, 0.3) is 11.0 Å². The van der Waals surface area contributed by atoms with Gasteiger partial charge in [0.2, 0.25) is 5.84 Å². The lowest BCUT2D eigenvalue weighted by atomic mass is 9.75. The molecule has 6 nitrogen and oxygen atoms in total. The molecule has 0 spiro atoms. The normalized spacial score (nSPS) is 30.8. The minimum atomic E-state index is -0.307. The fourth-order valence-corrected chi connectivity index (χ4v) is 5.44. The summed E-state index contributed by atoms with van der Waals surface area (Å²) >= 11 is 0. The summed E-state index contributed by atoms with van der Waals surface area (Å²) in [4.78, 5) is 18.3. The molecule has 0 aliphatic carbocycles. The first-order valence-electron chi connectivity index (χ1n) is 12.1. The molecule has 1 fully saturated rings. The Labute approximate surface area is 195 Å². The Kier molecular flexibility index (Phi) is 6.08. The molecule has 0 bridgehead atoms. The number of carbonyl (C=O) groups is 1. The lowest BCUT2D eigenvalue weighted by Gasteiger charge is -2.45. The molecule has 1 saturated heterocycles. The average Bonchev–Trinajstić information content (AvgIpc) is 3.22. The molecule has 178 valence electrons. The van der Waals surface area contributed by atoms with Gasteiger partial charge in [0, 0.05) is 42.6 Å². The molecule has 1 aromatic heterocycles. The van der Waals surface area contributed by atoms with Crippen LogP contribution in [0.3, 0.4) is 0 Å². The van der Waals surface area contributed by atoms with Gasteiger partial charge in [-0.3, -0.25) is 0 Å². The maximum atomic E-state index is 13.6. The van der Waals surface area contributed by atoms with Crippen LogP contribution in [0.5, 0.6) is 0 Å². The van der Waals surface area contributed by atoms with Crippen LogP contribution in [0.4, 0.5) is 4.39 Å². The quantitative estimate of drug-likeness (QED) is 0.578. The van der Waals surface area contributed by atoms with E-state index in [1.165, 1.54) is 12.1 Å². The number of likely N-dealkylation sites (N-methyl/N-ethyl adjacent to an activating group) is 1. The van der Waals surface area contributed by atoms with Crippen LogP contribution in [0.2, 0.25) is 0 Å². The molecule has 0 N–H and O–H groups in total. The van der Waals surface area contributed by atoms with Crippen LogP contribution in [0, 0.1) is 5.82 Å². The van der Waals surface area contributed by atoms with Crippen LogP contribution in [-0.2, 0) is 10.2 Å². The van der Waals surface area contributed by atoms with Crippen LogP contribution in [-0.4, -0.2) is 66.1 Å². The average molecular weight is 457 g/mol. The van der Waals surface area contributed by atoms with Gasteiger partial charge in [0.25, 0.3) is 0 Å². The van der Waals surface area contributed by atoms with Crippen molar-refractivity contribution in [3.63, 3.8) is 0 Å². The van der Waals surface area contributed by atoms with Gasteiger partial charge in [-0.15, -0.1) is 0 Å². The number of amidine groups is 1. The smallest absolute Gasteiger partial charge is 0.349 e. The molecular weight excluding hydrogens is 419 g/mol. The topological polar surface area (TPSA) is 55.5 Å². The molecule has 1 atom stereocenters. The fraction of sp³-hybridized carbons (Fsp3) is 0.577. The number of aliphatic imine (C=N–C) groups is 1. The number of piperidine rings is 1. The highest BCUT2D eigenvalue weighted by Crippen LogP contribution is 2.40. The highest BCUT2D eigenvalue weighted by atomic mass is 19.1. The summed E-state index contributed by atoms with van der Waals surface area (Å²) < 4.78 is 20.2. The number of amides is 1. The van der Waals surface area contributed by atoms with E-state index in [1.54, 1.807) is 6.07 Å². The van der Waals surface area contributed by atoms with Gasteiger partial charge in [-0.2, -0.15) is 0 Å². The third-order valence-corrected chi connectivity index (χ3v) is 8.27. The molecule has 1 aromatic carbocycles. The maximum Gasteiger partial charge on any atom is 0.349 e. The number of carbonyl (C=O) groups excluding carboxylic acids is 1. The van der Waals surface area contributed by atoms with E-state index in [1.807, 2.05) is 14.0 Å². The largest absolute Gasteiger partial charge is 0.356 e. The van der Waals surface area contributed by atoms with Crippen molar-refractivity contribution in [2.75, 3.05) is 40.3 Å². The molecule has 4 rings (SSSR count). The molecule has 2 aliphatic rings. The van der Waals surface area contributed by atoms with E-state index in [0.29, 0.717) is 10.1 Å². The second kappa shape index (κ2) is 8.44. The lowest BCUT2D eigenvalue weighted by Crippen LogP contribution is -2.57. The number of likely N-dealkylation sites (tertiary alicyclic amines) is 1. The second-order valence-corrected chi connectivity index (χ2v) is 10.5. The number of quaternary nitrogens is 2. The number of halogens is 1. The summed E-state index contributed by atoms with van der Waals surface area (Å²) in [6.45, 7) is 12.0. The second-order valence-electron chi connectivity index (χ2n) is 10.5. The number of fused-ring (bicyclic) bond motifs is 1. The summed E-state index contributed by atoms with van der Waals surface area (Å²) in [5.74, 6) is 0.854. The van der Waals surface area contributed by atoms with Crippen molar-refractivity contribution < 1.29 is 22.7 Å². The van der Waals surface area contributed by atoms with Crippen molar-refractivity contribution in [2.24, 2.45) is 4.99 Å². The SMILES string of the molecule is CCC1=NC(C)=C(CC[N+]2(C)CCC(C)(c3noc4cc(F)ccc34)CC2)C(=O)[N+]1(C)CC. The van der Waals surface area contributed by atoms with Crippen molar-refractivity contribution in [1.82, 2.24) is 5.16 Å². The third-order valence-electron chi connectivity index (χ3n) is 8.27. The molecule has 33 heavy (non-hydrogen) atoms. The van der Waals surface area contributed by atoms with Gasteiger partial charge in [0.05, 0.1) is 57.2 Å². The zero-order valence-electron chi connectivity index (χ0n) is 20.9. The highest BCUT2D eigenvalue weighted by Gasteiger charge is 2.44. The van der Waals surface area contributed by atoms with E-state index >= 15 is 0 Å². The van der Waals surface area contributed by atoms with E-state index in [9.17, 15) is 9.18 Å². The summed E-state index contributed by atoms with van der Waals surface area (Å²) in [5, 5.41) is 5.25. The third kappa shape index (κ3) is 4.06. The number of nitrogens with zero attached hydrogens (tertiary/aromatic N) is 4. The number of benzene rings is 1. The van der Waals surface area contributed by atoms with E-state index in [4.69, 9.17) is 9.52 Å². The molecular formula is C26H37FN4O2+2.